The SMILES string of the molecule is CN(C)S(=O)(=O)c1ccc(Cl)c(C(=O)NCC(c2ccccc2)N2CCCC2)c1. The predicted octanol–water partition coefficient (Wildman–Crippen LogP) is 3.16. The molecule has 2 aromatic rings. The van der Waals surface area contributed by atoms with Gasteiger partial charge in [-0.3, -0.25) is 9.69 Å². The highest BCUT2D eigenvalue weighted by Gasteiger charge is 2.25. The Morgan fingerprint density at radius 2 is 1.79 bits per heavy atom. The summed E-state index contributed by atoms with van der Waals surface area (Å²) >= 11 is 6.20. The molecule has 0 aliphatic carbocycles. The molecule has 0 bridgehead atoms. The van der Waals surface area contributed by atoms with Gasteiger partial charge in [0.15, 0.2) is 0 Å². The maximum absolute atomic E-state index is 12.8. The zero-order valence-corrected chi connectivity index (χ0v) is 18.2. The first kappa shape index (κ1) is 21.8. The van der Waals surface area contributed by atoms with Gasteiger partial charge in [-0.05, 0) is 49.7 Å². The van der Waals surface area contributed by atoms with Gasteiger partial charge in [-0.25, -0.2) is 12.7 Å². The topological polar surface area (TPSA) is 69.7 Å². The first-order valence-electron chi connectivity index (χ1n) is 9.60. The molecule has 0 spiro atoms. The molecule has 0 radical (unpaired) electrons. The Kier molecular flexibility index (Phi) is 6.95. The summed E-state index contributed by atoms with van der Waals surface area (Å²) in [5.41, 5.74) is 1.30. The third-order valence-corrected chi connectivity index (χ3v) is 7.32. The van der Waals surface area contributed by atoms with E-state index in [1.54, 1.807) is 0 Å². The largest absolute Gasteiger partial charge is 0.350 e. The van der Waals surface area contributed by atoms with Crippen molar-refractivity contribution in [2.24, 2.45) is 0 Å². The second-order valence-electron chi connectivity index (χ2n) is 7.31. The first-order chi connectivity index (χ1) is 13.8. The van der Waals surface area contributed by atoms with Crippen molar-refractivity contribution in [3.8, 4) is 0 Å². The van der Waals surface area contributed by atoms with Crippen molar-refractivity contribution >= 4 is 27.5 Å². The number of nitrogens with zero attached hydrogens (tertiary/aromatic N) is 2. The van der Waals surface area contributed by atoms with Crippen molar-refractivity contribution in [3.05, 3.63) is 64.7 Å². The molecule has 2 aromatic carbocycles. The molecule has 1 aliphatic heterocycles. The highest BCUT2D eigenvalue weighted by Crippen LogP contribution is 2.26. The minimum absolute atomic E-state index is 0.0382. The second-order valence-corrected chi connectivity index (χ2v) is 9.87. The lowest BCUT2D eigenvalue weighted by Crippen LogP contribution is -2.37. The van der Waals surface area contributed by atoms with E-state index >= 15 is 0 Å². The zero-order valence-electron chi connectivity index (χ0n) is 16.6. The van der Waals surface area contributed by atoms with Gasteiger partial charge in [0.25, 0.3) is 5.91 Å². The highest BCUT2D eigenvalue weighted by atomic mass is 35.5. The van der Waals surface area contributed by atoms with Crippen LogP contribution < -0.4 is 5.32 Å². The Morgan fingerprint density at radius 3 is 2.41 bits per heavy atom. The molecule has 1 N–H and O–H groups in total. The quantitative estimate of drug-likeness (QED) is 0.725. The Hall–Kier alpha value is -1.93. The molecular weight excluding hydrogens is 410 g/mol. The second kappa shape index (κ2) is 9.26. The number of hydrogen-bond donors (Lipinski definition) is 1. The van der Waals surface area contributed by atoms with E-state index < -0.39 is 10.0 Å². The van der Waals surface area contributed by atoms with Gasteiger partial charge in [-0.2, -0.15) is 0 Å². The fraction of sp³-hybridized carbons (Fsp3) is 0.381. The maximum atomic E-state index is 12.8. The predicted molar refractivity (Wildman–Crippen MR) is 115 cm³/mol. The van der Waals surface area contributed by atoms with Crippen LogP contribution in [0.2, 0.25) is 5.02 Å². The number of likely N-dealkylation sites (tertiary alicyclic amines) is 1. The van der Waals surface area contributed by atoms with Crippen LogP contribution in [0.15, 0.2) is 53.4 Å². The molecule has 1 atom stereocenters. The van der Waals surface area contributed by atoms with Crippen LogP contribution in [-0.4, -0.2) is 57.3 Å². The summed E-state index contributed by atoms with van der Waals surface area (Å²) in [6.07, 6.45) is 2.29. The molecule has 3 rings (SSSR count). The molecule has 1 fully saturated rings. The van der Waals surface area contributed by atoms with Gasteiger partial charge in [-0.1, -0.05) is 41.9 Å². The van der Waals surface area contributed by atoms with Crippen molar-refractivity contribution < 1.29 is 13.2 Å². The zero-order chi connectivity index (χ0) is 21.0. The standard InChI is InChI=1S/C21H26ClN3O3S/c1-24(2)29(27,28)17-10-11-19(22)18(14-17)21(26)23-15-20(25-12-6-7-13-25)16-8-4-3-5-9-16/h3-5,8-11,14,20H,6-7,12-13,15H2,1-2H3,(H,23,26). The van der Waals surface area contributed by atoms with E-state index in [0.29, 0.717) is 6.54 Å². The average Bonchev–Trinajstić information content (AvgIpc) is 3.23. The summed E-state index contributed by atoms with van der Waals surface area (Å²) in [7, 11) is -0.753. The Balaban J connectivity index is 1.80. The number of hydrogen-bond acceptors (Lipinski definition) is 4. The van der Waals surface area contributed by atoms with Crippen LogP contribution >= 0.6 is 11.6 Å². The van der Waals surface area contributed by atoms with Gasteiger partial charge >= 0.3 is 0 Å². The van der Waals surface area contributed by atoms with E-state index in [2.05, 4.69) is 22.3 Å². The van der Waals surface area contributed by atoms with E-state index in [-0.39, 0.29) is 27.4 Å². The van der Waals surface area contributed by atoms with E-state index in [0.717, 1.165) is 35.8 Å². The summed E-state index contributed by atoms with van der Waals surface area (Å²) in [4.78, 5) is 15.2. The summed E-state index contributed by atoms with van der Waals surface area (Å²) in [5.74, 6) is -0.383. The molecule has 1 amide bonds. The van der Waals surface area contributed by atoms with Crippen LogP contribution in [0.1, 0.15) is 34.8 Å². The fourth-order valence-corrected chi connectivity index (χ4v) is 4.65. The van der Waals surface area contributed by atoms with Gasteiger partial charge in [0.2, 0.25) is 10.0 Å². The van der Waals surface area contributed by atoms with Crippen LogP contribution in [0.5, 0.6) is 0 Å². The molecule has 1 aliphatic rings. The molecular formula is C21H26ClN3O3S. The van der Waals surface area contributed by atoms with Crippen molar-refractivity contribution in [1.29, 1.82) is 0 Å². The van der Waals surface area contributed by atoms with Crippen molar-refractivity contribution in [3.63, 3.8) is 0 Å². The van der Waals surface area contributed by atoms with Crippen molar-refractivity contribution in [2.45, 2.75) is 23.8 Å². The van der Waals surface area contributed by atoms with Crippen molar-refractivity contribution in [2.75, 3.05) is 33.7 Å². The van der Waals surface area contributed by atoms with Gasteiger partial charge in [0, 0.05) is 20.6 Å². The minimum atomic E-state index is -3.65. The monoisotopic (exact) mass is 435 g/mol. The third kappa shape index (κ3) is 4.98. The number of amides is 1. The Labute approximate surface area is 177 Å². The smallest absolute Gasteiger partial charge is 0.252 e. The molecule has 0 saturated carbocycles. The lowest BCUT2D eigenvalue weighted by atomic mass is 10.1. The summed E-state index contributed by atoms with van der Waals surface area (Å²) in [6, 6.07) is 14.3. The van der Waals surface area contributed by atoms with Crippen LogP contribution in [0.25, 0.3) is 0 Å². The lowest BCUT2D eigenvalue weighted by molar-refractivity contribution is 0.0938. The van der Waals surface area contributed by atoms with Crippen LogP contribution in [0.3, 0.4) is 0 Å². The van der Waals surface area contributed by atoms with Crippen LogP contribution in [-0.2, 0) is 10.0 Å². The number of carbonyl (C=O) groups is 1. The highest BCUT2D eigenvalue weighted by molar-refractivity contribution is 7.89. The van der Waals surface area contributed by atoms with E-state index in [9.17, 15) is 13.2 Å². The van der Waals surface area contributed by atoms with E-state index in [1.165, 1.54) is 32.3 Å². The van der Waals surface area contributed by atoms with Gasteiger partial charge in [0.05, 0.1) is 21.5 Å². The normalized spacial score (nSPS) is 16.1. The summed E-state index contributed by atoms with van der Waals surface area (Å²) in [6.45, 7) is 2.41. The van der Waals surface area contributed by atoms with Crippen LogP contribution in [0, 0.1) is 0 Å². The Bertz CT molecular complexity index is 958. The fourth-order valence-electron chi connectivity index (χ4n) is 3.52. The summed E-state index contributed by atoms with van der Waals surface area (Å²) in [5, 5.41) is 3.17. The number of sulfonamides is 1. The van der Waals surface area contributed by atoms with Crippen molar-refractivity contribution in [1.82, 2.24) is 14.5 Å². The molecule has 156 valence electrons. The average molecular weight is 436 g/mol. The third-order valence-electron chi connectivity index (χ3n) is 5.18. The molecule has 29 heavy (non-hydrogen) atoms. The minimum Gasteiger partial charge on any atom is -0.350 e. The number of benzene rings is 2. The number of halogens is 1. The maximum Gasteiger partial charge on any atom is 0.252 e. The molecule has 0 aromatic heterocycles. The van der Waals surface area contributed by atoms with Gasteiger partial charge < -0.3 is 5.32 Å². The molecule has 6 nitrogen and oxygen atoms in total. The molecule has 1 saturated heterocycles. The molecule has 8 heteroatoms. The van der Waals surface area contributed by atoms with E-state index in [4.69, 9.17) is 11.6 Å². The molecule has 1 unspecified atom stereocenters. The Morgan fingerprint density at radius 1 is 1.14 bits per heavy atom. The number of nitrogens with one attached hydrogen (secondary N) is 1. The molecule has 1 heterocycles. The van der Waals surface area contributed by atoms with Gasteiger partial charge in [0.1, 0.15) is 0 Å². The van der Waals surface area contributed by atoms with Gasteiger partial charge in [-0.15, -0.1) is 0 Å². The van der Waals surface area contributed by atoms with Crippen LogP contribution in [0.4, 0.5) is 0 Å². The first-order valence-corrected chi connectivity index (χ1v) is 11.4. The summed E-state index contributed by atoms with van der Waals surface area (Å²) < 4.78 is 25.9. The number of carbonyl (C=O) groups excluding carboxylic acids is 1. The number of rotatable bonds is 7. The lowest BCUT2D eigenvalue weighted by Gasteiger charge is -2.28. The van der Waals surface area contributed by atoms with E-state index in [1.807, 2.05) is 18.2 Å².